The van der Waals surface area contributed by atoms with E-state index >= 15 is 0 Å². The van der Waals surface area contributed by atoms with E-state index in [2.05, 4.69) is 10.3 Å². The van der Waals surface area contributed by atoms with E-state index < -0.39 is 11.2 Å². The van der Waals surface area contributed by atoms with Gasteiger partial charge in [0.2, 0.25) is 5.91 Å². The number of ether oxygens (including phenoxy) is 1. The number of imidazole rings is 1. The molecule has 0 spiro atoms. The van der Waals surface area contributed by atoms with Gasteiger partial charge in [0.25, 0.3) is 5.56 Å². The Morgan fingerprint density at radius 1 is 1.19 bits per heavy atom. The first-order valence-corrected chi connectivity index (χ1v) is 9.01. The average Bonchev–Trinajstić information content (AvgIpc) is 2.99. The molecule has 1 aromatic carbocycles. The molecule has 10 heteroatoms. The summed E-state index contributed by atoms with van der Waals surface area (Å²) in [5.74, 6) is 0.525. The Bertz CT molecular complexity index is 1140. The monoisotopic (exact) mass is 389 g/mol. The molecular formula is C17H19N5O4S. The Morgan fingerprint density at radius 3 is 2.63 bits per heavy atom. The molecule has 9 nitrogen and oxygen atoms in total. The van der Waals surface area contributed by atoms with Crippen LogP contribution in [0.25, 0.3) is 11.2 Å². The van der Waals surface area contributed by atoms with E-state index in [4.69, 9.17) is 4.74 Å². The second kappa shape index (κ2) is 7.31. The van der Waals surface area contributed by atoms with Crippen molar-refractivity contribution in [2.24, 2.45) is 21.1 Å². The number of nitrogens with one attached hydrogen (secondary N) is 1. The predicted octanol–water partition coefficient (Wildman–Crippen LogP) is 0.710. The molecule has 1 N–H and O–H groups in total. The number of nitrogens with zero attached hydrogens (tertiary/aromatic N) is 4. The smallest absolute Gasteiger partial charge is 0.332 e. The fourth-order valence-corrected chi connectivity index (χ4v) is 3.48. The summed E-state index contributed by atoms with van der Waals surface area (Å²) in [6.45, 7) is 0. The van der Waals surface area contributed by atoms with Crippen LogP contribution in [0.4, 0.5) is 5.69 Å². The van der Waals surface area contributed by atoms with Gasteiger partial charge in [-0.2, -0.15) is 0 Å². The van der Waals surface area contributed by atoms with Crippen molar-refractivity contribution in [3.63, 3.8) is 0 Å². The minimum atomic E-state index is -0.462. The van der Waals surface area contributed by atoms with E-state index in [1.165, 1.54) is 23.4 Å². The van der Waals surface area contributed by atoms with Gasteiger partial charge >= 0.3 is 5.69 Å². The lowest BCUT2D eigenvalue weighted by atomic mass is 10.3. The van der Waals surface area contributed by atoms with Crippen LogP contribution >= 0.6 is 11.8 Å². The van der Waals surface area contributed by atoms with Crippen LogP contribution in [0.2, 0.25) is 0 Å². The summed E-state index contributed by atoms with van der Waals surface area (Å²) >= 11 is 1.18. The van der Waals surface area contributed by atoms with Gasteiger partial charge < -0.3 is 14.6 Å². The molecule has 0 aliphatic carbocycles. The summed E-state index contributed by atoms with van der Waals surface area (Å²) in [6.07, 6.45) is 0. The zero-order chi connectivity index (χ0) is 19.7. The molecule has 0 aliphatic heterocycles. The van der Waals surface area contributed by atoms with Gasteiger partial charge in [0.15, 0.2) is 16.3 Å². The van der Waals surface area contributed by atoms with Gasteiger partial charge in [-0.1, -0.05) is 17.8 Å². The number of hydrogen-bond donors (Lipinski definition) is 1. The molecule has 27 heavy (non-hydrogen) atoms. The van der Waals surface area contributed by atoms with Gasteiger partial charge in [-0.15, -0.1) is 0 Å². The first kappa shape index (κ1) is 18.8. The molecule has 0 unspecified atom stereocenters. The number of anilines is 1. The summed E-state index contributed by atoms with van der Waals surface area (Å²) in [6, 6.07) is 7.05. The highest BCUT2D eigenvalue weighted by Gasteiger charge is 2.18. The molecule has 0 saturated heterocycles. The second-order valence-corrected chi connectivity index (χ2v) is 6.84. The van der Waals surface area contributed by atoms with E-state index in [0.717, 1.165) is 4.57 Å². The number of aromatic nitrogens is 4. The zero-order valence-electron chi connectivity index (χ0n) is 15.3. The first-order chi connectivity index (χ1) is 12.8. The summed E-state index contributed by atoms with van der Waals surface area (Å²) in [5.41, 5.74) is 0.344. The normalized spacial score (nSPS) is 11.0. The Hall–Kier alpha value is -3.01. The molecule has 0 fully saturated rings. The number of carbonyl (C=O) groups is 1. The fraction of sp³-hybridized carbons (Fsp3) is 0.294. The maximum absolute atomic E-state index is 12.3. The number of hydrogen-bond acceptors (Lipinski definition) is 6. The van der Waals surface area contributed by atoms with E-state index in [1.54, 1.807) is 50.0 Å². The minimum Gasteiger partial charge on any atom is -0.497 e. The number of fused-ring (bicyclic) bond motifs is 1. The topological polar surface area (TPSA) is 100 Å². The van der Waals surface area contributed by atoms with Crippen molar-refractivity contribution in [2.45, 2.75) is 5.16 Å². The van der Waals surface area contributed by atoms with Crippen molar-refractivity contribution in [3.05, 3.63) is 45.1 Å². The van der Waals surface area contributed by atoms with Crippen molar-refractivity contribution >= 4 is 34.5 Å². The quantitative estimate of drug-likeness (QED) is 0.645. The first-order valence-electron chi connectivity index (χ1n) is 8.02. The highest BCUT2D eigenvalue weighted by atomic mass is 32.2. The molecule has 0 radical (unpaired) electrons. The second-order valence-electron chi connectivity index (χ2n) is 5.90. The maximum Gasteiger partial charge on any atom is 0.332 e. The van der Waals surface area contributed by atoms with E-state index in [0.29, 0.717) is 22.2 Å². The van der Waals surface area contributed by atoms with Crippen molar-refractivity contribution in [3.8, 4) is 5.75 Å². The van der Waals surface area contributed by atoms with Crippen molar-refractivity contribution in [1.29, 1.82) is 0 Å². The van der Waals surface area contributed by atoms with E-state index in [1.807, 2.05) is 0 Å². The molecule has 0 atom stereocenters. The number of thioether (sulfide) groups is 1. The lowest BCUT2D eigenvalue weighted by Gasteiger charge is -2.07. The van der Waals surface area contributed by atoms with Gasteiger partial charge in [-0.25, -0.2) is 9.78 Å². The summed E-state index contributed by atoms with van der Waals surface area (Å²) in [5, 5.41) is 3.26. The Balaban J connectivity index is 1.81. The summed E-state index contributed by atoms with van der Waals surface area (Å²) < 4.78 is 9.15. The molecule has 142 valence electrons. The molecule has 0 saturated carbocycles. The highest BCUT2D eigenvalue weighted by Crippen LogP contribution is 2.21. The average molecular weight is 389 g/mol. The Labute approximate surface area is 158 Å². The van der Waals surface area contributed by atoms with Gasteiger partial charge in [-0.3, -0.25) is 18.7 Å². The summed E-state index contributed by atoms with van der Waals surface area (Å²) in [7, 11) is 6.25. The van der Waals surface area contributed by atoms with Crippen LogP contribution in [0.15, 0.2) is 39.0 Å². The van der Waals surface area contributed by atoms with Crippen LogP contribution in [0.3, 0.4) is 0 Å². The van der Waals surface area contributed by atoms with Crippen LogP contribution in [0.5, 0.6) is 5.75 Å². The standard InChI is InChI=1S/C17H19N5O4S/c1-20-14-13(15(24)22(3)17(25)21(14)2)19-16(20)27-9-12(23)18-10-6-5-7-11(8-10)26-4/h5-8H,9H2,1-4H3,(H,18,23). The van der Waals surface area contributed by atoms with Gasteiger partial charge in [0.05, 0.1) is 12.9 Å². The Morgan fingerprint density at radius 2 is 1.93 bits per heavy atom. The van der Waals surface area contributed by atoms with Crippen LogP contribution in [-0.4, -0.2) is 37.5 Å². The van der Waals surface area contributed by atoms with Crippen LogP contribution in [0.1, 0.15) is 0 Å². The highest BCUT2D eigenvalue weighted by molar-refractivity contribution is 7.99. The largest absolute Gasteiger partial charge is 0.497 e. The van der Waals surface area contributed by atoms with Gasteiger partial charge in [0.1, 0.15) is 5.75 Å². The third kappa shape index (κ3) is 3.47. The molecule has 1 amide bonds. The van der Waals surface area contributed by atoms with Crippen LogP contribution < -0.4 is 21.3 Å². The predicted molar refractivity (Wildman–Crippen MR) is 104 cm³/mol. The van der Waals surface area contributed by atoms with Crippen molar-refractivity contribution in [1.82, 2.24) is 18.7 Å². The molecule has 2 heterocycles. The number of carbonyl (C=O) groups excluding carboxylic acids is 1. The van der Waals surface area contributed by atoms with E-state index in [-0.39, 0.29) is 17.2 Å². The molecule has 0 aliphatic rings. The molecule has 2 aromatic heterocycles. The lowest BCUT2D eigenvalue weighted by Crippen LogP contribution is -2.37. The van der Waals surface area contributed by atoms with Crippen LogP contribution in [-0.2, 0) is 25.9 Å². The number of rotatable bonds is 5. The minimum absolute atomic E-state index is 0.0998. The third-order valence-corrected chi connectivity index (χ3v) is 5.14. The number of benzene rings is 1. The lowest BCUT2D eigenvalue weighted by molar-refractivity contribution is -0.113. The van der Waals surface area contributed by atoms with Crippen LogP contribution in [0, 0.1) is 0 Å². The molecule has 0 bridgehead atoms. The van der Waals surface area contributed by atoms with E-state index in [9.17, 15) is 14.4 Å². The number of amides is 1. The zero-order valence-corrected chi connectivity index (χ0v) is 16.2. The maximum atomic E-state index is 12.3. The van der Waals surface area contributed by atoms with Gasteiger partial charge in [-0.05, 0) is 12.1 Å². The van der Waals surface area contributed by atoms with Gasteiger partial charge in [0, 0.05) is 32.9 Å². The third-order valence-electron chi connectivity index (χ3n) is 4.11. The molecular weight excluding hydrogens is 370 g/mol. The number of methoxy groups -OCH3 is 1. The SMILES string of the molecule is COc1cccc(NC(=O)CSc2nc3c(=O)n(C)c(=O)n(C)c3n2C)c1. The fourth-order valence-electron chi connectivity index (χ4n) is 2.72. The summed E-state index contributed by atoms with van der Waals surface area (Å²) in [4.78, 5) is 40.9. The Kier molecular flexibility index (Phi) is 5.08. The van der Waals surface area contributed by atoms with Crippen molar-refractivity contribution < 1.29 is 9.53 Å². The molecule has 3 rings (SSSR count). The molecule has 3 aromatic rings. The number of aryl methyl sites for hydroxylation is 2. The van der Waals surface area contributed by atoms with Crippen molar-refractivity contribution in [2.75, 3.05) is 18.2 Å².